The molecule has 0 saturated carbocycles. The van der Waals surface area contributed by atoms with Crippen LogP contribution < -0.4 is 5.32 Å². The highest BCUT2D eigenvalue weighted by molar-refractivity contribution is 5.67. The molecule has 130 valence electrons. The van der Waals surface area contributed by atoms with Crippen molar-refractivity contribution in [3.05, 3.63) is 0 Å². The molecule has 22 heavy (non-hydrogen) atoms. The molecule has 2 unspecified atom stereocenters. The smallest absolute Gasteiger partial charge is 0.410 e. The summed E-state index contributed by atoms with van der Waals surface area (Å²) in [5.41, 5.74) is -0.417. The van der Waals surface area contributed by atoms with E-state index < -0.39 is 5.60 Å². The van der Waals surface area contributed by atoms with Crippen LogP contribution in [0.3, 0.4) is 0 Å². The number of nitrogens with zero attached hydrogens (tertiary/aromatic N) is 1. The zero-order valence-corrected chi connectivity index (χ0v) is 15.2. The lowest BCUT2D eigenvalue weighted by Gasteiger charge is -2.38. The number of amides is 1. The third-order valence-corrected chi connectivity index (χ3v) is 4.15. The average Bonchev–Trinajstić information content (AvgIpc) is 2.41. The van der Waals surface area contributed by atoms with E-state index in [1.807, 2.05) is 20.8 Å². The van der Waals surface area contributed by atoms with E-state index in [4.69, 9.17) is 9.47 Å². The molecular weight excluding hydrogens is 280 g/mol. The summed E-state index contributed by atoms with van der Waals surface area (Å²) < 4.78 is 11.2. The SMILES string of the molecule is CCC1(C)CC(NCCCN(C)C(=O)OC(C)(C)C)CCO1. The summed E-state index contributed by atoms with van der Waals surface area (Å²) in [7, 11) is 1.79. The van der Waals surface area contributed by atoms with Crippen molar-refractivity contribution in [1.82, 2.24) is 10.2 Å². The summed E-state index contributed by atoms with van der Waals surface area (Å²) in [6.07, 6.45) is 3.85. The number of ether oxygens (including phenoxy) is 2. The van der Waals surface area contributed by atoms with Crippen molar-refractivity contribution >= 4 is 6.09 Å². The third kappa shape index (κ3) is 6.97. The summed E-state index contributed by atoms with van der Waals surface area (Å²) in [6.45, 7) is 12.5. The van der Waals surface area contributed by atoms with E-state index in [1.165, 1.54) is 0 Å². The predicted molar refractivity (Wildman–Crippen MR) is 89.2 cm³/mol. The predicted octanol–water partition coefficient (Wildman–Crippen LogP) is 3.18. The Morgan fingerprint density at radius 3 is 2.73 bits per heavy atom. The number of hydrogen-bond donors (Lipinski definition) is 1. The van der Waals surface area contributed by atoms with Gasteiger partial charge in [0.2, 0.25) is 0 Å². The van der Waals surface area contributed by atoms with Crippen LogP contribution in [0.1, 0.15) is 60.3 Å². The first-order chi connectivity index (χ1) is 10.2. The molecule has 1 aliphatic heterocycles. The third-order valence-electron chi connectivity index (χ3n) is 4.15. The monoisotopic (exact) mass is 314 g/mol. The second-order valence-electron chi connectivity index (χ2n) is 7.55. The molecule has 1 rings (SSSR count). The maximum absolute atomic E-state index is 11.8. The van der Waals surface area contributed by atoms with Gasteiger partial charge in [-0.2, -0.15) is 0 Å². The van der Waals surface area contributed by atoms with Crippen LogP contribution >= 0.6 is 0 Å². The molecule has 1 amide bonds. The van der Waals surface area contributed by atoms with E-state index in [0.29, 0.717) is 12.6 Å². The molecule has 1 aliphatic rings. The van der Waals surface area contributed by atoms with E-state index >= 15 is 0 Å². The molecule has 0 bridgehead atoms. The molecule has 0 aromatic rings. The maximum atomic E-state index is 11.8. The van der Waals surface area contributed by atoms with Gasteiger partial charge < -0.3 is 19.7 Å². The molecule has 2 atom stereocenters. The van der Waals surface area contributed by atoms with Crippen LogP contribution in [-0.4, -0.2) is 55.0 Å². The standard InChI is InChI=1S/C17H34N2O3/c1-7-17(5)13-14(9-12-21-17)18-10-8-11-19(6)15(20)22-16(2,3)4/h14,18H,7-13H2,1-6H3. The molecule has 0 radical (unpaired) electrons. The Morgan fingerprint density at radius 1 is 1.45 bits per heavy atom. The largest absolute Gasteiger partial charge is 0.444 e. The van der Waals surface area contributed by atoms with Crippen molar-refractivity contribution < 1.29 is 14.3 Å². The highest BCUT2D eigenvalue weighted by Gasteiger charge is 2.31. The Balaban J connectivity index is 2.21. The Kier molecular flexibility index (Phi) is 7.13. The molecule has 0 aliphatic carbocycles. The van der Waals surface area contributed by atoms with Crippen molar-refractivity contribution in [2.24, 2.45) is 0 Å². The first kappa shape index (κ1) is 19.2. The van der Waals surface area contributed by atoms with E-state index in [1.54, 1.807) is 11.9 Å². The van der Waals surface area contributed by atoms with E-state index in [2.05, 4.69) is 19.2 Å². The van der Waals surface area contributed by atoms with Crippen LogP contribution in [0.4, 0.5) is 4.79 Å². The zero-order valence-electron chi connectivity index (χ0n) is 15.2. The summed E-state index contributed by atoms with van der Waals surface area (Å²) in [4.78, 5) is 13.5. The van der Waals surface area contributed by atoms with Gasteiger partial charge in [-0.05, 0) is 59.9 Å². The van der Waals surface area contributed by atoms with E-state index in [9.17, 15) is 4.79 Å². The zero-order chi connectivity index (χ0) is 16.8. The van der Waals surface area contributed by atoms with Gasteiger partial charge in [-0.3, -0.25) is 0 Å². The average molecular weight is 314 g/mol. The van der Waals surface area contributed by atoms with Crippen molar-refractivity contribution in [2.45, 2.75) is 77.5 Å². The number of nitrogens with one attached hydrogen (secondary N) is 1. The van der Waals surface area contributed by atoms with Gasteiger partial charge in [-0.15, -0.1) is 0 Å². The lowest BCUT2D eigenvalue weighted by molar-refractivity contribution is -0.0778. The molecule has 1 N–H and O–H groups in total. The highest BCUT2D eigenvalue weighted by atomic mass is 16.6. The first-order valence-corrected chi connectivity index (χ1v) is 8.47. The molecule has 0 spiro atoms. The van der Waals surface area contributed by atoms with Crippen molar-refractivity contribution in [3.8, 4) is 0 Å². The summed E-state index contributed by atoms with van der Waals surface area (Å²) >= 11 is 0. The van der Waals surface area contributed by atoms with Crippen LogP contribution in [0.25, 0.3) is 0 Å². The van der Waals surface area contributed by atoms with Gasteiger partial charge in [-0.25, -0.2) is 4.79 Å². The lowest BCUT2D eigenvalue weighted by Crippen LogP contribution is -2.45. The minimum absolute atomic E-state index is 0.0171. The van der Waals surface area contributed by atoms with Crippen molar-refractivity contribution in [3.63, 3.8) is 0 Å². The quantitative estimate of drug-likeness (QED) is 0.765. The van der Waals surface area contributed by atoms with Gasteiger partial charge in [0.15, 0.2) is 0 Å². The van der Waals surface area contributed by atoms with Gasteiger partial charge in [0.05, 0.1) is 5.60 Å². The fraction of sp³-hybridized carbons (Fsp3) is 0.941. The Morgan fingerprint density at radius 2 is 2.14 bits per heavy atom. The molecule has 1 heterocycles. The van der Waals surface area contributed by atoms with Crippen LogP contribution in [0, 0.1) is 0 Å². The Hall–Kier alpha value is -0.810. The minimum Gasteiger partial charge on any atom is -0.444 e. The van der Waals surface area contributed by atoms with Crippen LogP contribution in [0.2, 0.25) is 0 Å². The summed E-state index contributed by atoms with van der Waals surface area (Å²) in [5, 5.41) is 3.59. The molecule has 1 fully saturated rings. The normalized spacial score (nSPS) is 25.8. The fourth-order valence-electron chi connectivity index (χ4n) is 2.60. The number of rotatable bonds is 6. The van der Waals surface area contributed by atoms with Gasteiger partial charge in [-0.1, -0.05) is 6.92 Å². The fourth-order valence-corrected chi connectivity index (χ4v) is 2.60. The van der Waals surface area contributed by atoms with Crippen LogP contribution in [-0.2, 0) is 9.47 Å². The molecule has 0 aromatic heterocycles. The molecular formula is C17H34N2O3. The molecule has 5 heteroatoms. The highest BCUT2D eigenvalue weighted by Crippen LogP contribution is 2.27. The summed E-state index contributed by atoms with van der Waals surface area (Å²) in [5.74, 6) is 0. The topological polar surface area (TPSA) is 50.8 Å². The molecule has 1 saturated heterocycles. The summed E-state index contributed by atoms with van der Waals surface area (Å²) in [6, 6.07) is 0.519. The van der Waals surface area contributed by atoms with Crippen molar-refractivity contribution in [2.75, 3.05) is 26.7 Å². The minimum atomic E-state index is -0.434. The number of hydrogen-bond acceptors (Lipinski definition) is 4. The Bertz CT molecular complexity index is 354. The van der Waals surface area contributed by atoms with Crippen LogP contribution in [0.15, 0.2) is 0 Å². The number of carbonyl (C=O) groups excluding carboxylic acids is 1. The number of carbonyl (C=O) groups is 1. The molecule has 5 nitrogen and oxygen atoms in total. The Labute approximate surface area is 135 Å². The van der Waals surface area contributed by atoms with E-state index in [0.717, 1.165) is 38.8 Å². The van der Waals surface area contributed by atoms with E-state index in [-0.39, 0.29) is 11.7 Å². The van der Waals surface area contributed by atoms with Gasteiger partial charge in [0.1, 0.15) is 5.60 Å². The molecule has 0 aromatic carbocycles. The van der Waals surface area contributed by atoms with Crippen molar-refractivity contribution in [1.29, 1.82) is 0 Å². The van der Waals surface area contributed by atoms with Gasteiger partial charge in [0.25, 0.3) is 0 Å². The lowest BCUT2D eigenvalue weighted by atomic mass is 9.90. The van der Waals surface area contributed by atoms with Gasteiger partial charge in [0, 0.05) is 26.2 Å². The van der Waals surface area contributed by atoms with Crippen LogP contribution in [0.5, 0.6) is 0 Å². The maximum Gasteiger partial charge on any atom is 0.410 e. The first-order valence-electron chi connectivity index (χ1n) is 8.47. The van der Waals surface area contributed by atoms with Gasteiger partial charge >= 0.3 is 6.09 Å². The second-order valence-corrected chi connectivity index (χ2v) is 7.55. The second kappa shape index (κ2) is 8.16.